The molecule has 0 fully saturated rings. The number of anilines is 1. The van der Waals surface area contributed by atoms with E-state index in [2.05, 4.69) is 15.5 Å². The van der Waals surface area contributed by atoms with Crippen LogP contribution in [0.25, 0.3) is 0 Å². The number of aromatic nitrogens is 2. The fourth-order valence-electron chi connectivity index (χ4n) is 1.32. The van der Waals surface area contributed by atoms with Gasteiger partial charge in [0.05, 0.1) is 5.69 Å². The molecule has 0 saturated heterocycles. The van der Waals surface area contributed by atoms with Crippen molar-refractivity contribution in [3.63, 3.8) is 0 Å². The van der Waals surface area contributed by atoms with E-state index in [1.54, 1.807) is 6.07 Å². The van der Waals surface area contributed by atoms with Crippen LogP contribution < -0.4 is 5.32 Å². The lowest BCUT2D eigenvalue weighted by molar-refractivity contribution is 1.02. The molecule has 1 aromatic carbocycles. The van der Waals surface area contributed by atoms with E-state index in [9.17, 15) is 0 Å². The molecule has 0 unspecified atom stereocenters. The monoisotopic (exact) mass is 287 g/mol. The Balaban J connectivity index is 2.09. The largest absolute Gasteiger partial charge is 0.378 e. The molecule has 0 bridgehead atoms. The van der Waals surface area contributed by atoms with Crippen molar-refractivity contribution in [1.29, 1.82) is 0 Å². The molecule has 0 radical (unpaired) electrons. The molecule has 17 heavy (non-hydrogen) atoms. The second-order valence-corrected chi connectivity index (χ2v) is 4.54. The van der Waals surface area contributed by atoms with Crippen molar-refractivity contribution in [2.45, 2.75) is 6.54 Å². The minimum atomic E-state index is 0.288. The first-order valence-corrected chi connectivity index (χ1v) is 5.95. The van der Waals surface area contributed by atoms with Crippen LogP contribution in [0.3, 0.4) is 0 Å². The molecule has 2 aromatic rings. The second kappa shape index (κ2) is 5.54. The van der Waals surface area contributed by atoms with E-state index < -0.39 is 0 Å². The summed E-state index contributed by atoms with van der Waals surface area (Å²) in [4.78, 5) is 0. The van der Waals surface area contributed by atoms with E-state index in [1.165, 1.54) is 0 Å². The maximum Gasteiger partial charge on any atom is 0.174 e. The molecule has 2 rings (SSSR count). The molecule has 0 atom stereocenters. The zero-order valence-electron chi connectivity index (χ0n) is 8.62. The van der Waals surface area contributed by atoms with Crippen LogP contribution in [0, 0.1) is 0 Å². The topological polar surface area (TPSA) is 37.8 Å². The Labute approximate surface area is 114 Å². The van der Waals surface area contributed by atoms with Gasteiger partial charge in [0.25, 0.3) is 0 Å². The van der Waals surface area contributed by atoms with Gasteiger partial charge in [-0.05, 0) is 17.7 Å². The van der Waals surface area contributed by atoms with Crippen LogP contribution in [0.1, 0.15) is 5.56 Å². The second-order valence-electron chi connectivity index (χ2n) is 3.36. The summed E-state index contributed by atoms with van der Waals surface area (Å²) in [7, 11) is 0. The average Bonchev–Trinajstić information content (AvgIpc) is 2.30. The SMILES string of the molecule is Clc1cccc(CNc2cc(Cl)nnc2Cl)c1. The highest BCUT2D eigenvalue weighted by Crippen LogP contribution is 2.21. The van der Waals surface area contributed by atoms with Crippen LogP contribution in [0.4, 0.5) is 5.69 Å². The average molecular weight is 289 g/mol. The van der Waals surface area contributed by atoms with Crippen LogP contribution in [-0.4, -0.2) is 10.2 Å². The summed E-state index contributed by atoms with van der Waals surface area (Å²) >= 11 is 17.5. The molecule has 1 N–H and O–H groups in total. The molecule has 0 aliphatic heterocycles. The molecule has 0 aliphatic carbocycles. The molecule has 0 spiro atoms. The standard InChI is InChI=1S/C11H8Cl3N3/c12-8-3-1-2-7(4-8)6-15-9-5-10(13)16-17-11(9)14/h1-5H,6H2,(H,15,16). The van der Waals surface area contributed by atoms with Gasteiger partial charge in [-0.25, -0.2) is 0 Å². The Bertz CT molecular complexity index is 531. The number of nitrogens with zero attached hydrogens (tertiary/aromatic N) is 2. The summed E-state index contributed by atoms with van der Waals surface area (Å²) < 4.78 is 0. The van der Waals surface area contributed by atoms with Crippen LogP contribution in [-0.2, 0) is 6.54 Å². The molecule has 6 heteroatoms. The van der Waals surface area contributed by atoms with Crippen molar-refractivity contribution in [3.8, 4) is 0 Å². The maximum atomic E-state index is 5.89. The molecule has 88 valence electrons. The number of nitrogens with one attached hydrogen (secondary N) is 1. The van der Waals surface area contributed by atoms with E-state index in [0.717, 1.165) is 5.56 Å². The molecular formula is C11H8Cl3N3. The normalized spacial score (nSPS) is 10.3. The summed E-state index contributed by atoms with van der Waals surface area (Å²) in [6.45, 7) is 0.586. The summed E-state index contributed by atoms with van der Waals surface area (Å²) in [5.41, 5.74) is 1.69. The van der Waals surface area contributed by atoms with Crippen molar-refractivity contribution in [3.05, 3.63) is 51.2 Å². The van der Waals surface area contributed by atoms with Gasteiger partial charge in [0.2, 0.25) is 0 Å². The number of hydrogen-bond donors (Lipinski definition) is 1. The summed E-state index contributed by atoms with van der Waals surface area (Å²) in [5.74, 6) is 0. The zero-order chi connectivity index (χ0) is 12.3. The van der Waals surface area contributed by atoms with E-state index in [4.69, 9.17) is 34.8 Å². The Kier molecular flexibility index (Phi) is 4.05. The van der Waals surface area contributed by atoms with E-state index in [1.807, 2.05) is 24.3 Å². The van der Waals surface area contributed by atoms with Crippen molar-refractivity contribution in [1.82, 2.24) is 10.2 Å². The highest BCUT2D eigenvalue weighted by atomic mass is 35.5. The van der Waals surface area contributed by atoms with E-state index in [0.29, 0.717) is 22.4 Å². The van der Waals surface area contributed by atoms with E-state index >= 15 is 0 Å². The Morgan fingerprint density at radius 1 is 1.06 bits per heavy atom. The Hall–Kier alpha value is -1.03. The minimum Gasteiger partial charge on any atom is -0.378 e. The number of benzene rings is 1. The van der Waals surface area contributed by atoms with E-state index in [-0.39, 0.29) is 5.15 Å². The zero-order valence-corrected chi connectivity index (χ0v) is 10.9. The molecule has 0 aliphatic rings. The summed E-state index contributed by atoms with van der Waals surface area (Å²) in [5, 5.41) is 11.7. The predicted molar refractivity (Wildman–Crippen MR) is 70.8 cm³/mol. The van der Waals surface area contributed by atoms with Gasteiger partial charge in [-0.15, -0.1) is 10.2 Å². The van der Waals surface area contributed by atoms with Gasteiger partial charge in [0.15, 0.2) is 10.3 Å². The lowest BCUT2D eigenvalue weighted by Gasteiger charge is -2.07. The van der Waals surface area contributed by atoms with Crippen LogP contribution in [0.2, 0.25) is 15.3 Å². The number of halogens is 3. The lowest BCUT2D eigenvalue weighted by Crippen LogP contribution is -2.01. The van der Waals surface area contributed by atoms with Gasteiger partial charge in [0, 0.05) is 17.6 Å². The fourth-order valence-corrected chi connectivity index (χ4v) is 1.84. The van der Waals surface area contributed by atoms with Gasteiger partial charge >= 0.3 is 0 Å². The van der Waals surface area contributed by atoms with Crippen molar-refractivity contribution in [2.24, 2.45) is 0 Å². The molecule has 1 heterocycles. The lowest BCUT2D eigenvalue weighted by atomic mass is 10.2. The summed E-state index contributed by atoms with van der Waals surface area (Å²) in [6.07, 6.45) is 0. The first-order valence-electron chi connectivity index (χ1n) is 4.82. The third kappa shape index (κ3) is 3.46. The van der Waals surface area contributed by atoms with Gasteiger partial charge in [-0.2, -0.15) is 0 Å². The van der Waals surface area contributed by atoms with Crippen LogP contribution >= 0.6 is 34.8 Å². The van der Waals surface area contributed by atoms with Gasteiger partial charge in [-0.3, -0.25) is 0 Å². The smallest absolute Gasteiger partial charge is 0.174 e. The van der Waals surface area contributed by atoms with Gasteiger partial charge in [-0.1, -0.05) is 46.9 Å². The molecule has 0 amide bonds. The fraction of sp³-hybridized carbons (Fsp3) is 0.0909. The van der Waals surface area contributed by atoms with Gasteiger partial charge in [0.1, 0.15) is 0 Å². The predicted octanol–water partition coefficient (Wildman–Crippen LogP) is 4.05. The minimum absolute atomic E-state index is 0.288. The molecule has 0 saturated carbocycles. The molecule has 3 nitrogen and oxygen atoms in total. The van der Waals surface area contributed by atoms with Crippen LogP contribution in [0.15, 0.2) is 30.3 Å². The first-order chi connectivity index (χ1) is 8.15. The van der Waals surface area contributed by atoms with Crippen molar-refractivity contribution < 1.29 is 0 Å². The van der Waals surface area contributed by atoms with Gasteiger partial charge < -0.3 is 5.32 Å². The van der Waals surface area contributed by atoms with Crippen LogP contribution in [0.5, 0.6) is 0 Å². The highest BCUT2D eigenvalue weighted by Gasteiger charge is 2.03. The third-order valence-electron chi connectivity index (χ3n) is 2.09. The highest BCUT2D eigenvalue weighted by molar-refractivity contribution is 6.33. The molecular weight excluding hydrogens is 281 g/mol. The molecule has 1 aromatic heterocycles. The third-order valence-corrected chi connectivity index (χ3v) is 2.79. The van der Waals surface area contributed by atoms with Crippen molar-refractivity contribution in [2.75, 3.05) is 5.32 Å². The number of rotatable bonds is 3. The Morgan fingerprint density at radius 2 is 1.88 bits per heavy atom. The van der Waals surface area contributed by atoms with Crippen molar-refractivity contribution >= 4 is 40.5 Å². The maximum absolute atomic E-state index is 5.89. The number of hydrogen-bond acceptors (Lipinski definition) is 3. The summed E-state index contributed by atoms with van der Waals surface area (Å²) in [6, 6.07) is 9.17. The quantitative estimate of drug-likeness (QED) is 0.926. The Morgan fingerprint density at radius 3 is 2.65 bits per heavy atom. The first kappa shape index (κ1) is 12.4.